The maximum atomic E-state index is 13.5. The van der Waals surface area contributed by atoms with E-state index in [0.717, 1.165) is 42.8 Å². The first-order valence-electron chi connectivity index (χ1n) is 14.3. The number of terminal acetylenes is 1. The van der Waals surface area contributed by atoms with Crippen LogP contribution >= 0.6 is 0 Å². The lowest BCUT2D eigenvalue weighted by Gasteiger charge is -2.47. The zero-order chi connectivity index (χ0) is 28.0. The van der Waals surface area contributed by atoms with Crippen molar-refractivity contribution in [2.45, 2.75) is 65.0 Å². The molecule has 1 unspecified atom stereocenters. The molecule has 4 rings (SSSR count). The van der Waals surface area contributed by atoms with E-state index in [4.69, 9.17) is 11.2 Å². The summed E-state index contributed by atoms with van der Waals surface area (Å²) in [4.78, 5) is 8.78. The molecule has 0 N–H and O–H groups in total. The number of hydrogen-bond acceptors (Lipinski definition) is 4. The summed E-state index contributed by atoms with van der Waals surface area (Å²) in [5.41, 5.74) is 2.24. The highest BCUT2D eigenvalue weighted by molar-refractivity contribution is 5.81. The Morgan fingerprint density at radius 2 is 1.79 bits per heavy atom. The minimum absolute atomic E-state index is 0.136. The molecular weight excluding hydrogens is 499 g/mol. The van der Waals surface area contributed by atoms with Crippen LogP contribution in [0.1, 0.15) is 69.9 Å². The molecule has 1 aromatic rings. The summed E-state index contributed by atoms with van der Waals surface area (Å²) in [5, 5.41) is 0. The SMILES string of the molecule is C#C/C(=C\N=C(C)OCC1CCN(CC2(C(F)(F)F)CCC2)CC1)c1ccc(C(=C)N2CCCC(C)C2)cc1. The second-order valence-corrected chi connectivity index (χ2v) is 11.7. The van der Waals surface area contributed by atoms with Crippen LogP contribution in [0.4, 0.5) is 13.2 Å². The molecule has 3 fully saturated rings. The van der Waals surface area contributed by atoms with Gasteiger partial charge >= 0.3 is 6.18 Å². The monoisotopic (exact) mass is 541 g/mol. The standard InChI is InChI=1S/C32H42F3N3O/c1-5-28(30-11-9-29(10-12-30)25(3)38-17-6-8-24(2)21-38)20-36-26(4)39-22-27-13-18-37(19-14-27)23-31(15-7-16-31)32(33,34)35/h1,9-12,20,24,27H,3,6-8,13-19,21-23H2,2,4H3/b28-20+,36-26?. The molecule has 0 spiro atoms. The molecule has 3 aliphatic rings. The third kappa shape index (κ3) is 7.28. The van der Waals surface area contributed by atoms with E-state index in [-0.39, 0.29) is 19.4 Å². The molecule has 2 aliphatic heterocycles. The fraction of sp³-hybridized carbons (Fsp3) is 0.594. The van der Waals surface area contributed by atoms with Crippen molar-refractivity contribution in [1.82, 2.24) is 9.80 Å². The number of hydrogen-bond donors (Lipinski definition) is 0. The van der Waals surface area contributed by atoms with Gasteiger partial charge in [-0.1, -0.05) is 50.1 Å². The van der Waals surface area contributed by atoms with Gasteiger partial charge in [-0.05, 0) is 74.6 Å². The molecule has 2 heterocycles. The highest BCUT2D eigenvalue weighted by Crippen LogP contribution is 2.53. The van der Waals surface area contributed by atoms with Gasteiger partial charge in [0.2, 0.25) is 0 Å². The van der Waals surface area contributed by atoms with E-state index in [1.165, 1.54) is 12.8 Å². The fourth-order valence-electron chi connectivity index (χ4n) is 5.96. The first kappa shape index (κ1) is 29.3. The highest BCUT2D eigenvalue weighted by Gasteiger charge is 2.58. The van der Waals surface area contributed by atoms with Gasteiger partial charge in [-0.25, -0.2) is 4.99 Å². The van der Waals surface area contributed by atoms with Crippen molar-refractivity contribution in [3.8, 4) is 12.3 Å². The van der Waals surface area contributed by atoms with E-state index in [9.17, 15) is 13.2 Å². The average molecular weight is 542 g/mol. The Kier molecular flexibility index (Phi) is 9.48. The molecule has 1 aromatic carbocycles. The highest BCUT2D eigenvalue weighted by atomic mass is 19.4. The van der Waals surface area contributed by atoms with Gasteiger partial charge in [0.25, 0.3) is 0 Å². The number of aliphatic imine (C=N–C) groups is 1. The molecule has 0 bridgehead atoms. The summed E-state index contributed by atoms with van der Waals surface area (Å²) in [6, 6.07) is 8.13. The Labute approximate surface area is 232 Å². The second-order valence-electron chi connectivity index (χ2n) is 11.7. The molecule has 39 heavy (non-hydrogen) atoms. The summed E-state index contributed by atoms with van der Waals surface area (Å²) in [7, 11) is 0. The predicted octanol–water partition coefficient (Wildman–Crippen LogP) is 7.24. The summed E-state index contributed by atoms with van der Waals surface area (Å²) in [6.07, 6.45) is 8.67. The van der Waals surface area contributed by atoms with Gasteiger partial charge in [0.1, 0.15) is 0 Å². The quantitative estimate of drug-likeness (QED) is 0.197. The van der Waals surface area contributed by atoms with Crippen molar-refractivity contribution in [1.29, 1.82) is 0 Å². The topological polar surface area (TPSA) is 28.1 Å². The number of benzene rings is 1. The van der Waals surface area contributed by atoms with Crippen LogP contribution < -0.4 is 0 Å². The number of nitrogens with zero attached hydrogens (tertiary/aromatic N) is 3. The summed E-state index contributed by atoms with van der Waals surface area (Å²) in [5.74, 6) is 4.25. The molecule has 2 saturated heterocycles. The zero-order valence-electron chi connectivity index (χ0n) is 23.4. The van der Waals surface area contributed by atoms with Gasteiger partial charge in [0, 0.05) is 44.0 Å². The number of halogens is 3. The fourth-order valence-corrected chi connectivity index (χ4v) is 5.96. The molecule has 0 amide bonds. The lowest BCUT2D eigenvalue weighted by Crippen LogP contribution is -2.53. The van der Waals surface area contributed by atoms with Crippen LogP contribution in [0.5, 0.6) is 0 Å². The van der Waals surface area contributed by atoms with Crippen LogP contribution in [0.25, 0.3) is 11.3 Å². The normalized spacial score (nSPS) is 23.2. The van der Waals surface area contributed by atoms with E-state index in [1.807, 2.05) is 17.0 Å². The molecule has 1 saturated carbocycles. The number of allylic oxidation sites excluding steroid dienone is 1. The zero-order valence-corrected chi connectivity index (χ0v) is 23.4. The van der Waals surface area contributed by atoms with Crippen LogP contribution in [0.3, 0.4) is 0 Å². The predicted molar refractivity (Wildman–Crippen MR) is 153 cm³/mol. The Balaban J connectivity index is 1.25. The summed E-state index contributed by atoms with van der Waals surface area (Å²) >= 11 is 0. The van der Waals surface area contributed by atoms with Gasteiger partial charge in [-0.3, -0.25) is 0 Å². The maximum absolute atomic E-state index is 13.5. The average Bonchev–Trinajstić information content (AvgIpc) is 2.89. The number of alkyl halides is 3. The van der Waals surface area contributed by atoms with Crippen LogP contribution in [0.2, 0.25) is 0 Å². The minimum atomic E-state index is -4.11. The van der Waals surface area contributed by atoms with Crippen molar-refractivity contribution >= 4 is 17.2 Å². The second kappa shape index (κ2) is 12.6. The van der Waals surface area contributed by atoms with E-state index >= 15 is 0 Å². The number of rotatable bonds is 8. The van der Waals surface area contributed by atoms with Crippen LogP contribution in [0.15, 0.2) is 42.0 Å². The number of piperidine rings is 2. The Morgan fingerprint density at radius 1 is 1.13 bits per heavy atom. The first-order valence-corrected chi connectivity index (χ1v) is 14.3. The smallest absolute Gasteiger partial charge is 0.395 e. The van der Waals surface area contributed by atoms with Crippen LogP contribution in [0, 0.1) is 29.6 Å². The Hall–Kier alpha value is -2.72. The maximum Gasteiger partial charge on any atom is 0.395 e. The largest absolute Gasteiger partial charge is 0.481 e. The van der Waals surface area contributed by atoms with Gasteiger partial charge < -0.3 is 14.5 Å². The van der Waals surface area contributed by atoms with Crippen molar-refractivity contribution in [2.24, 2.45) is 22.2 Å². The summed E-state index contributed by atoms with van der Waals surface area (Å²) in [6.45, 7) is 12.5. The van der Waals surface area contributed by atoms with E-state index in [0.29, 0.717) is 49.4 Å². The molecule has 0 radical (unpaired) electrons. The molecular formula is C32H42F3N3O. The minimum Gasteiger partial charge on any atom is -0.481 e. The third-order valence-electron chi connectivity index (χ3n) is 8.77. The molecule has 1 atom stereocenters. The van der Waals surface area contributed by atoms with Crippen molar-refractivity contribution in [2.75, 3.05) is 39.3 Å². The number of likely N-dealkylation sites (tertiary alicyclic amines) is 2. The molecule has 4 nitrogen and oxygen atoms in total. The Morgan fingerprint density at radius 3 is 2.36 bits per heavy atom. The third-order valence-corrected chi connectivity index (χ3v) is 8.77. The Bertz CT molecular complexity index is 1090. The van der Waals surface area contributed by atoms with Crippen molar-refractivity contribution in [3.05, 3.63) is 48.2 Å². The van der Waals surface area contributed by atoms with Crippen LogP contribution in [-0.4, -0.2) is 61.2 Å². The van der Waals surface area contributed by atoms with E-state index < -0.39 is 11.6 Å². The molecule has 1 aliphatic carbocycles. The van der Waals surface area contributed by atoms with Gasteiger partial charge in [0.15, 0.2) is 5.90 Å². The molecule has 212 valence electrons. The number of ether oxygens (including phenoxy) is 1. The molecule has 0 aromatic heterocycles. The molecule has 7 heteroatoms. The first-order chi connectivity index (χ1) is 18.6. The van der Waals surface area contributed by atoms with E-state index in [1.54, 1.807) is 13.1 Å². The van der Waals surface area contributed by atoms with Gasteiger partial charge in [-0.2, -0.15) is 13.2 Å². The lowest BCUT2D eigenvalue weighted by molar-refractivity contribution is -0.256. The van der Waals surface area contributed by atoms with Crippen molar-refractivity contribution < 1.29 is 17.9 Å². The summed E-state index contributed by atoms with van der Waals surface area (Å²) < 4.78 is 46.4. The van der Waals surface area contributed by atoms with Crippen LogP contribution in [-0.2, 0) is 4.74 Å². The van der Waals surface area contributed by atoms with Crippen molar-refractivity contribution in [3.63, 3.8) is 0 Å². The van der Waals surface area contributed by atoms with Gasteiger partial charge in [-0.15, -0.1) is 6.42 Å². The van der Waals surface area contributed by atoms with E-state index in [2.05, 4.69) is 41.4 Å². The lowest BCUT2D eigenvalue weighted by atomic mass is 9.67. The van der Waals surface area contributed by atoms with Gasteiger partial charge in [0.05, 0.1) is 12.0 Å².